The summed E-state index contributed by atoms with van der Waals surface area (Å²) >= 11 is 1.39. The fourth-order valence-corrected chi connectivity index (χ4v) is 4.65. The molecule has 9 heteroatoms. The largest absolute Gasteiger partial charge is 0.378 e. The molecule has 1 amide bonds. The zero-order chi connectivity index (χ0) is 24.1. The maximum Gasteiger partial charge on any atom is 0.255 e. The number of aryl methyl sites for hydroxylation is 1. The number of thiazole rings is 1. The Kier molecular flexibility index (Phi) is 7.74. The number of ether oxygens (including phenoxy) is 1. The number of hydrogen-bond donors (Lipinski definition) is 2. The standard InChI is InChI=1S/C25H31N5O3S/c1-4-16(2)18-5-7-19(8-6-18)21-15-34-25(27-21)28-22(31)10-9-20-17(3)26-24(29-23(20)32)30-11-13-33-14-12-30/h5-8,15-16H,4,9-14H2,1-3H3,(H,26,29,32)(H,27,28,31)/t16-/m1/s1. The van der Waals surface area contributed by atoms with Crippen molar-refractivity contribution in [2.24, 2.45) is 0 Å². The average molecular weight is 482 g/mol. The van der Waals surface area contributed by atoms with Crippen molar-refractivity contribution in [1.29, 1.82) is 0 Å². The van der Waals surface area contributed by atoms with E-state index in [0.717, 1.165) is 17.7 Å². The summed E-state index contributed by atoms with van der Waals surface area (Å²) in [5, 5.41) is 5.35. The van der Waals surface area contributed by atoms with Gasteiger partial charge in [0.2, 0.25) is 11.9 Å². The van der Waals surface area contributed by atoms with Crippen molar-refractivity contribution in [2.45, 2.75) is 46.0 Å². The van der Waals surface area contributed by atoms with Crippen LogP contribution in [0.5, 0.6) is 0 Å². The van der Waals surface area contributed by atoms with Gasteiger partial charge < -0.3 is 15.0 Å². The molecule has 1 aliphatic rings. The van der Waals surface area contributed by atoms with Crippen LogP contribution in [0.2, 0.25) is 0 Å². The molecule has 1 saturated heterocycles. The summed E-state index contributed by atoms with van der Waals surface area (Å²) in [5.41, 5.74) is 4.17. The van der Waals surface area contributed by atoms with Crippen molar-refractivity contribution < 1.29 is 9.53 Å². The lowest BCUT2D eigenvalue weighted by molar-refractivity contribution is -0.116. The first-order valence-corrected chi connectivity index (χ1v) is 12.6. The van der Waals surface area contributed by atoms with E-state index in [2.05, 4.69) is 58.4 Å². The molecule has 180 valence electrons. The molecule has 0 spiro atoms. The van der Waals surface area contributed by atoms with Crippen LogP contribution in [0.1, 0.15) is 49.4 Å². The van der Waals surface area contributed by atoms with E-state index < -0.39 is 0 Å². The summed E-state index contributed by atoms with van der Waals surface area (Å²) in [6.07, 6.45) is 1.60. The summed E-state index contributed by atoms with van der Waals surface area (Å²) in [6.45, 7) is 8.84. The first-order valence-electron chi connectivity index (χ1n) is 11.7. The molecule has 2 aromatic heterocycles. The van der Waals surface area contributed by atoms with Crippen LogP contribution in [0.4, 0.5) is 11.1 Å². The van der Waals surface area contributed by atoms with Gasteiger partial charge in [0.25, 0.3) is 5.56 Å². The van der Waals surface area contributed by atoms with Crippen molar-refractivity contribution >= 4 is 28.3 Å². The number of carbonyl (C=O) groups excluding carboxylic acids is 1. The van der Waals surface area contributed by atoms with Crippen molar-refractivity contribution in [2.75, 3.05) is 36.5 Å². The van der Waals surface area contributed by atoms with Crippen molar-refractivity contribution in [3.8, 4) is 11.3 Å². The first-order chi connectivity index (χ1) is 16.4. The maximum atomic E-state index is 12.6. The summed E-state index contributed by atoms with van der Waals surface area (Å²) in [5.74, 6) is 0.913. The number of H-pyrrole nitrogens is 1. The van der Waals surface area contributed by atoms with Gasteiger partial charge in [-0.05, 0) is 31.2 Å². The summed E-state index contributed by atoms with van der Waals surface area (Å²) in [6, 6.07) is 8.42. The van der Waals surface area contributed by atoms with Gasteiger partial charge in [0.15, 0.2) is 5.13 Å². The number of nitrogens with zero attached hydrogens (tertiary/aromatic N) is 3. The molecule has 2 N–H and O–H groups in total. The topological polar surface area (TPSA) is 100 Å². The number of carbonyl (C=O) groups is 1. The molecule has 3 aromatic rings. The van der Waals surface area contributed by atoms with Crippen LogP contribution in [-0.4, -0.2) is 47.2 Å². The van der Waals surface area contributed by atoms with E-state index in [1.54, 1.807) is 0 Å². The summed E-state index contributed by atoms with van der Waals surface area (Å²) < 4.78 is 5.35. The van der Waals surface area contributed by atoms with E-state index in [4.69, 9.17) is 4.74 Å². The Hall–Kier alpha value is -3.04. The molecule has 0 saturated carbocycles. The Bertz CT molecular complexity index is 1180. The highest BCUT2D eigenvalue weighted by atomic mass is 32.1. The first kappa shape index (κ1) is 24.1. The lowest BCUT2D eigenvalue weighted by Gasteiger charge is -2.27. The normalized spacial score (nSPS) is 14.7. The zero-order valence-electron chi connectivity index (χ0n) is 19.9. The van der Waals surface area contributed by atoms with Gasteiger partial charge in [-0.3, -0.25) is 14.6 Å². The number of nitrogens with one attached hydrogen (secondary N) is 2. The molecule has 34 heavy (non-hydrogen) atoms. The number of morpholine rings is 1. The summed E-state index contributed by atoms with van der Waals surface area (Å²) in [7, 11) is 0. The second kappa shape index (κ2) is 10.9. The highest BCUT2D eigenvalue weighted by Gasteiger charge is 2.17. The minimum Gasteiger partial charge on any atom is -0.378 e. The average Bonchev–Trinajstić information content (AvgIpc) is 3.32. The van der Waals surface area contributed by atoms with Crippen molar-refractivity contribution in [1.82, 2.24) is 15.0 Å². The molecule has 1 aromatic carbocycles. The van der Waals surface area contributed by atoms with E-state index in [-0.39, 0.29) is 17.9 Å². The molecule has 3 heterocycles. The van der Waals surface area contributed by atoms with Crippen LogP contribution < -0.4 is 15.8 Å². The van der Waals surface area contributed by atoms with E-state index in [9.17, 15) is 9.59 Å². The Labute approximate surface area is 203 Å². The number of benzene rings is 1. The molecule has 0 radical (unpaired) electrons. The Morgan fingerprint density at radius 2 is 1.97 bits per heavy atom. The van der Waals surface area contributed by atoms with Crippen molar-refractivity contribution in [3.63, 3.8) is 0 Å². The fraction of sp³-hybridized carbons (Fsp3) is 0.440. The van der Waals surface area contributed by atoms with Gasteiger partial charge in [0, 0.05) is 41.7 Å². The van der Waals surface area contributed by atoms with Gasteiger partial charge in [0.1, 0.15) is 0 Å². The summed E-state index contributed by atoms with van der Waals surface area (Å²) in [4.78, 5) is 39.1. The highest BCUT2D eigenvalue weighted by Crippen LogP contribution is 2.27. The third-order valence-corrected chi connectivity index (χ3v) is 7.02. The predicted octanol–water partition coefficient (Wildman–Crippen LogP) is 4.12. The minimum absolute atomic E-state index is 0.177. The monoisotopic (exact) mass is 481 g/mol. The number of rotatable bonds is 8. The molecule has 0 bridgehead atoms. The van der Waals surface area contributed by atoms with Crippen LogP contribution in [0.25, 0.3) is 11.3 Å². The van der Waals surface area contributed by atoms with Gasteiger partial charge >= 0.3 is 0 Å². The molecule has 1 fully saturated rings. The molecule has 0 aliphatic carbocycles. The van der Waals surface area contributed by atoms with E-state index >= 15 is 0 Å². The van der Waals surface area contributed by atoms with E-state index in [0.29, 0.717) is 61.0 Å². The number of aromatic amines is 1. The van der Waals surface area contributed by atoms with Crippen LogP contribution in [0.15, 0.2) is 34.4 Å². The molecule has 4 rings (SSSR count). The third kappa shape index (κ3) is 5.71. The molecular weight excluding hydrogens is 450 g/mol. The van der Waals surface area contributed by atoms with Crippen LogP contribution >= 0.6 is 11.3 Å². The predicted molar refractivity (Wildman–Crippen MR) is 136 cm³/mol. The van der Waals surface area contributed by atoms with Crippen LogP contribution in [0.3, 0.4) is 0 Å². The van der Waals surface area contributed by atoms with E-state index in [1.165, 1.54) is 16.9 Å². The quantitative estimate of drug-likeness (QED) is 0.502. The van der Waals surface area contributed by atoms with Gasteiger partial charge in [-0.15, -0.1) is 11.3 Å². The Morgan fingerprint density at radius 3 is 2.65 bits per heavy atom. The number of aromatic nitrogens is 3. The third-order valence-electron chi connectivity index (χ3n) is 6.26. The lowest BCUT2D eigenvalue weighted by Crippen LogP contribution is -2.38. The number of hydrogen-bond acceptors (Lipinski definition) is 7. The van der Waals surface area contributed by atoms with Gasteiger partial charge in [-0.2, -0.15) is 0 Å². The van der Waals surface area contributed by atoms with Gasteiger partial charge in [-0.25, -0.2) is 9.97 Å². The van der Waals surface area contributed by atoms with Crippen molar-refractivity contribution in [3.05, 3.63) is 56.8 Å². The smallest absolute Gasteiger partial charge is 0.255 e. The lowest BCUT2D eigenvalue weighted by atomic mass is 9.97. The molecule has 1 aliphatic heterocycles. The fourth-order valence-electron chi connectivity index (χ4n) is 3.92. The SMILES string of the molecule is CC[C@@H](C)c1ccc(-c2csc(NC(=O)CCc3c(C)nc(N4CCOCC4)[nH]c3=O)n2)cc1. The molecule has 8 nitrogen and oxygen atoms in total. The van der Waals surface area contributed by atoms with Gasteiger partial charge in [-0.1, -0.05) is 38.1 Å². The molecular formula is C25H31N5O3S. The molecule has 1 atom stereocenters. The number of amides is 1. The van der Waals surface area contributed by atoms with E-state index in [1.807, 2.05) is 17.2 Å². The van der Waals surface area contributed by atoms with Crippen LogP contribution in [-0.2, 0) is 16.0 Å². The second-order valence-corrected chi connectivity index (χ2v) is 9.43. The zero-order valence-corrected chi connectivity index (χ0v) is 20.7. The Balaban J connectivity index is 1.35. The minimum atomic E-state index is -0.195. The second-order valence-electron chi connectivity index (χ2n) is 8.57. The number of anilines is 2. The highest BCUT2D eigenvalue weighted by molar-refractivity contribution is 7.14. The molecule has 0 unspecified atom stereocenters. The van der Waals surface area contributed by atoms with Gasteiger partial charge in [0.05, 0.1) is 18.9 Å². The van der Waals surface area contributed by atoms with Crippen LogP contribution in [0, 0.1) is 6.92 Å². The maximum absolute atomic E-state index is 12.6. The Morgan fingerprint density at radius 1 is 1.24 bits per heavy atom.